The molecule has 6 heteroatoms. The number of nitrogens with one attached hydrogen (secondary N) is 1. The molecule has 0 spiro atoms. The average Bonchev–Trinajstić information content (AvgIpc) is 3.25. The molecule has 0 amide bonds. The van der Waals surface area contributed by atoms with Gasteiger partial charge in [-0.2, -0.15) is 4.98 Å². The minimum absolute atomic E-state index is 0.126. The summed E-state index contributed by atoms with van der Waals surface area (Å²) in [6, 6.07) is 1.99. The number of nitrogens with zero attached hydrogens (tertiary/aromatic N) is 2. The first-order valence-corrected chi connectivity index (χ1v) is 12.6. The van der Waals surface area contributed by atoms with Crippen LogP contribution in [0.3, 0.4) is 0 Å². The highest BCUT2D eigenvalue weighted by Gasteiger charge is 2.32. The molecule has 32 heavy (non-hydrogen) atoms. The van der Waals surface area contributed by atoms with E-state index in [2.05, 4.69) is 42.8 Å². The van der Waals surface area contributed by atoms with Crippen molar-refractivity contribution in [2.75, 3.05) is 6.61 Å². The van der Waals surface area contributed by atoms with Gasteiger partial charge in [0.05, 0.1) is 11.7 Å². The van der Waals surface area contributed by atoms with Crippen molar-refractivity contribution >= 4 is 0 Å². The fraction of sp³-hybridized carbons (Fsp3) is 0.731. The predicted octanol–water partition coefficient (Wildman–Crippen LogP) is 5.49. The molecular weight excluding hydrogens is 402 g/mol. The first kappa shape index (κ1) is 23.2. The van der Waals surface area contributed by atoms with Crippen LogP contribution in [-0.2, 0) is 24.0 Å². The summed E-state index contributed by atoms with van der Waals surface area (Å²) in [5.41, 5.74) is 2.98. The molecular formula is C26H39N3O3. The number of rotatable bonds is 8. The highest BCUT2D eigenvalue weighted by molar-refractivity contribution is 5.55. The highest BCUT2D eigenvalue weighted by atomic mass is 16.5. The summed E-state index contributed by atoms with van der Waals surface area (Å²) in [5.74, 6) is 2.42. The van der Waals surface area contributed by atoms with Gasteiger partial charge in [0.25, 0.3) is 5.56 Å². The molecule has 0 radical (unpaired) electrons. The van der Waals surface area contributed by atoms with E-state index in [4.69, 9.17) is 9.26 Å². The molecule has 0 aromatic carbocycles. The van der Waals surface area contributed by atoms with Gasteiger partial charge in [0.1, 0.15) is 0 Å². The van der Waals surface area contributed by atoms with Crippen LogP contribution in [-0.4, -0.2) is 27.8 Å². The fourth-order valence-corrected chi connectivity index (χ4v) is 5.16. The standard InChI is InChI=1S/C26H39N3O3/c1-5-26(3,4)19-10-13-22-18(15-19)16-21(25(30)27-22)24-28-23(32-29-24)7-6-14-31-20-11-8-17(2)9-12-20/h16-17,19-20H,5-15H2,1-4H3,(H,27,30). The minimum Gasteiger partial charge on any atom is -0.378 e. The van der Waals surface area contributed by atoms with Crippen molar-refractivity contribution in [2.24, 2.45) is 17.3 Å². The van der Waals surface area contributed by atoms with Gasteiger partial charge in [-0.1, -0.05) is 39.3 Å². The highest BCUT2D eigenvalue weighted by Crippen LogP contribution is 2.39. The Hall–Kier alpha value is -1.95. The van der Waals surface area contributed by atoms with E-state index in [-0.39, 0.29) is 5.56 Å². The molecule has 2 aliphatic carbocycles. The van der Waals surface area contributed by atoms with Crippen LogP contribution in [0, 0.1) is 17.3 Å². The number of hydrogen-bond acceptors (Lipinski definition) is 5. The van der Waals surface area contributed by atoms with E-state index in [9.17, 15) is 4.79 Å². The zero-order valence-corrected chi connectivity index (χ0v) is 20.2. The lowest BCUT2D eigenvalue weighted by molar-refractivity contribution is 0.0182. The lowest BCUT2D eigenvalue weighted by Crippen LogP contribution is -2.30. The second-order valence-corrected chi connectivity index (χ2v) is 10.7. The second-order valence-electron chi connectivity index (χ2n) is 10.7. The average molecular weight is 442 g/mol. The van der Waals surface area contributed by atoms with E-state index < -0.39 is 0 Å². The van der Waals surface area contributed by atoms with Crippen molar-refractivity contribution in [3.05, 3.63) is 33.6 Å². The number of fused-ring (bicyclic) bond motifs is 1. The third-order valence-corrected chi connectivity index (χ3v) is 8.00. The zero-order valence-electron chi connectivity index (χ0n) is 20.2. The van der Waals surface area contributed by atoms with E-state index in [1.165, 1.54) is 31.2 Å². The predicted molar refractivity (Wildman–Crippen MR) is 126 cm³/mol. The summed E-state index contributed by atoms with van der Waals surface area (Å²) in [6.07, 6.45) is 11.0. The summed E-state index contributed by atoms with van der Waals surface area (Å²) < 4.78 is 11.5. The molecule has 0 saturated heterocycles. The SMILES string of the molecule is CCC(C)(C)C1CCc2[nH]c(=O)c(-c3noc(CCCOC4CCC(C)CC4)n3)cc2C1. The number of hydrogen-bond donors (Lipinski definition) is 1. The van der Waals surface area contributed by atoms with Crippen LogP contribution >= 0.6 is 0 Å². The molecule has 1 N–H and O–H groups in total. The molecule has 0 aliphatic heterocycles. The molecule has 6 nitrogen and oxygen atoms in total. The topological polar surface area (TPSA) is 81.0 Å². The maximum Gasteiger partial charge on any atom is 0.259 e. The third kappa shape index (κ3) is 5.33. The van der Waals surface area contributed by atoms with Crippen molar-refractivity contribution in [1.29, 1.82) is 0 Å². The van der Waals surface area contributed by atoms with E-state index >= 15 is 0 Å². The Kier molecular flexibility index (Phi) is 7.18. The van der Waals surface area contributed by atoms with Gasteiger partial charge in [-0.3, -0.25) is 4.79 Å². The number of H-pyrrole nitrogens is 1. The van der Waals surface area contributed by atoms with E-state index in [0.29, 0.717) is 47.7 Å². The summed E-state index contributed by atoms with van der Waals surface area (Å²) in [6.45, 7) is 9.99. The lowest BCUT2D eigenvalue weighted by atomic mass is 9.69. The molecule has 2 aromatic rings. The largest absolute Gasteiger partial charge is 0.378 e. The van der Waals surface area contributed by atoms with Crippen molar-refractivity contribution in [3.63, 3.8) is 0 Å². The maximum absolute atomic E-state index is 12.7. The van der Waals surface area contributed by atoms with Crippen LogP contribution in [0.5, 0.6) is 0 Å². The molecule has 1 unspecified atom stereocenters. The van der Waals surface area contributed by atoms with Gasteiger partial charge in [-0.15, -0.1) is 0 Å². The van der Waals surface area contributed by atoms with Crippen LogP contribution in [0.4, 0.5) is 0 Å². The molecule has 176 valence electrons. The monoisotopic (exact) mass is 441 g/mol. The molecule has 1 fully saturated rings. The van der Waals surface area contributed by atoms with Crippen LogP contribution in [0.2, 0.25) is 0 Å². The summed E-state index contributed by atoms with van der Waals surface area (Å²) in [5, 5.41) is 4.11. The van der Waals surface area contributed by atoms with Crippen molar-refractivity contribution in [1.82, 2.24) is 15.1 Å². The van der Waals surface area contributed by atoms with Crippen LogP contribution in [0.25, 0.3) is 11.4 Å². The normalized spacial score (nSPS) is 23.8. The van der Waals surface area contributed by atoms with E-state index in [1.807, 2.05) is 6.07 Å². The Morgan fingerprint density at radius 3 is 2.75 bits per heavy atom. The Morgan fingerprint density at radius 1 is 1.22 bits per heavy atom. The van der Waals surface area contributed by atoms with Gasteiger partial charge in [-0.05, 0) is 80.2 Å². The van der Waals surface area contributed by atoms with Crippen LogP contribution in [0.1, 0.15) is 89.8 Å². The van der Waals surface area contributed by atoms with Crippen molar-refractivity contribution in [3.8, 4) is 11.4 Å². The van der Waals surface area contributed by atoms with Gasteiger partial charge in [0, 0.05) is 18.7 Å². The van der Waals surface area contributed by atoms with Gasteiger partial charge < -0.3 is 14.2 Å². The van der Waals surface area contributed by atoms with Crippen LogP contribution < -0.4 is 5.56 Å². The van der Waals surface area contributed by atoms with Crippen molar-refractivity contribution < 1.29 is 9.26 Å². The first-order chi connectivity index (χ1) is 15.4. The minimum atomic E-state index is -0.126. The van der Waals surface area contributed by atoms with Gasteiger partial charge in [-0.25, -0.2) is 0 Å². The summed E-state index contributed by atoms with van der Waals surface area (Å²) in [4.78, 5) is 20.3. The van der Waals surface area contributed by atoms with Gasteiger partial charge in [0.15, 0.2) is 0 Å². The number of aromatic amines is 1. The molecule has 2 aromatic heterocycles. The van der Waals surface area contributed by atoms with E-state index in [1.54, 1.807) is 0 Å². The van der Waals surface area contributed by atoms with Gasteiger partial charge >= 0.3 is 0 Å². The molecule has 0 bridgehead atoms. The quantitative estimate of drug-likeness (QED) is 0.548. The number of aryl methyl sites for hydroxylation is 2. The Morgan fingerprint density at radius 2 is 2.00 bits per heavy atom. The third-order valence-electron chi connectivity index (χ3n) is 8.00. The van der Waals surface area contributed by atoms with Gasteiger partial charge in [0.2, 0.25) is 11.7 Å². The first-order valence-electron chi connectivity index (χ1n) is 12.6. The number of pyridine rings is 1. The lowest BCUT2D eigenvalue weighted by Gasteiger charge is -2.37. The van der Waals surface area contributed by atoms with E-state index in [0.717, 1.165) is 43.7 Å². The molecule has 2 aliphatic rings. The Balaban J connectivity index is 1.36. The van der Waals surface area contributed by atoms with Crippen molar-refractivity contribution in [2.45, 2.75) is 98.0 Å². The maximum atomic E-state index is 12.7. The number of aromatic nitrogens is 3. The Bertz CT molecular complexity index is 953. The summed E-state index contributed by atoms with van der Waals surface area (Å²) >= 11 is 0. The zero-order chi connectivity index (χ0) is 22.7. The second kappa shape index (κ2) is 9.90. The molecule has 4 rings (SSSR count). The molecule has 1 saturated carbocycles. The molecule has 1 atom stereocenters. The fourth-order valence-electron chi connectivity index (χ4n) is 5.16. The number of ether oxygens (including phenoxy) is 1. The van der Waals surface area contributed by atoms with Crippen LogP contribution in [0.15, 0.2) is 15.4 Å². The smallest absolute Gasteiger partial charge is 0.259 e. The molecule has 2 heterocycles. The summed E-state index contributed by atoms with van der Waals surface area (Å²) in [7, 11) is 0. The Labute approximate surface area is 191 Å².